The van der Waals surface area contributed by atoms with Gasteiger partial charge in [0.2, 0.25) is 0 Å². The lowest BCUT2D eigenvalue weighted by molar-refractivity contribution is -0.950. The molecular formula is C22H27N2O4+. The number of likely N-dealkylation sites (tertiary alicyclic amines) is 1. The van der Waals surface area contributed by atoms with E-state index in [1.54, 1.807) is 6.07 Å². The number of nitrogens with zero attached hydrogens (tertiary/aromatic N) is 1. The van der Waals surface area contributed by atoms with E-state index in [1.807, 2.05) is 6.07 Å². The van der Waals surface area contributed by atoms with Crippen LogP contribution in [0.25, 0.3) is 0 Å². The molecule has 28 heavy (non-hydrogen) atoms. The molecule has 1 spiro atoms. The molecule has 2 bridgehead atoms. The van der Waals surface area contributed by atoms with Gasteiger partial charge in [-0.2, -0.15) is 0 Å². The Morgan fingerprint density at radius 2 is 2.14 bits per heavy atom. The van der Waals surface area contributed by atoms with Crippen molar-refractivity contribution in [1.82, 2.24) is 0 Å². The van der Waals surface area contributed by atoms with Gasteiger partial charge in [-0.25, -0.2) is 0 Å². The molecule has 3 aliphatic carbocycles. The van der Waals surface area contributed by atoms with Gasteiger partial charge in [0.1, 0.15) is 17.4 Å². The number of carbonyl (C=O) groups is 2. The van der Waals surface area contributed by atoms with Crippen LogP contribution in [-0.2, 0) is 16.6 Å². The number of amides is 1. The van der Waals surface area contributed by atoms with E-state index in [0.717, 1.165) is 41.0 Å². The molecule has 6 rings (SSSR count). The fraction of sp³-hybridized carbons (Fsp3) is 0.636. The number of hydrogen-bond donors (Lipinski definition) is 2. The minimum atomic E-state index is -0.984. The number of nitrogens with two attached hydrogens (primary N) is 1. The average Bonchev–Trinajstić information content (AvgIpc) is 3.37. The standard InChI is InChI=1S/C22H26N2O4/c1-24(11-12-2-3-12)9-8-21-17-13-4-5-14(20(23)26)18(17)28-19(21)15(25)6-7-22(21,27)16(24)10-13/h4-5,12,16,19,27H,2-3,6-11H2,1H3,(H-,23,26)/p+1/t16-,19?,21?,22-,24?/m1/s1. The van der Waals surface area contributed by atoms with Crippen LogP contribution in [0, 0.1) is 5.92 Å². The Hall–Kier alpha value is -1.92. The van der Waals surface area contributed by atoms with Gasteiger partial charge in [-0.15, -0.1) is 0 Å². The van der Waals surface area contributed by atoms with E-state index in [2.05, 4.69) is 7.05 Å². The molecule has 3 unspecified atom stereocenters. The summed E-state index contributed by atoms with van der Waals surface area (Å²) in [5.74, 6) is 0.718. The molecule has 2 saturated carbocycles. The summed E-state index contributed by atoms with van der Waals surface area (Å²) in [4.78, 5) is 25.0. The molecule has 1 aromatic rings. The molecule has 1 amide bonds. The number of quaternary nitrogens is 1. The first-order valence-electron chi connectivity index (χ1n) is 10.5. The number of Topliss-reactive ketones (excluding diaryl/α,β-unsaturated/α-hetero) is 1. The van der Waals surface area contributed by atoms with E-state index >= 15 is 0 Å². The van der Waals surface area contributed by atoms with Gasteiger partial charge in [0.05, 0.1) is 31.1 Å². The van der Waals surface area contributed by atoms with Gasteiger partial charge in [-0.1, -0.05) is 6.07 Å². The summed E-state index contributed by atoms with van der Waals surface area (Å²) in [5.41, 5.74) is 6.24. The Morgan fingerprint density at radius 1 is 1.36 bits per heavy atom. The highest BCUT2D eigenvalue weighted by Crippen LogP contribution is 2.65. The Balaban J connectivity index is 1.60. The summed E-state index contributed by atoms with van der Waals surface area (Å²) in [5, 5.41) is 12.3. The number of hydrogen-bond acceptors (Lipinski definition) is 4. The van der Waals surface area contributed by atoms with Crippen molar-refractivity contribution in [2.45, 2.75) is 61.7 Å². The first-order valence-corrected chi connectivity index (χ1v) is 10.5. The minimum absolute atomic E-state index is 0.0428. The molecule has 0 radical (unpaired) electrons. The van der Waals surface area contributed by atoms with Crippen molar-refractivity contribution in [2.24, 2.45) is 11.7 Å². The van der Waals surface area contributed by atoms with Crippen LogP contribution in [0.15, 0.2) is 12.1 Å². The second-order valence-electron chi connectivity index (χ2n) is 10.00. The molecule has 2 aliphatic heterocycles. The maximum atomic E-state index is 12.9. The monoisotopic (exact) mass is 383 g/mol. The number of rotatable bonds is 3. The van der Waals surface area contributed by atoms with E-state index in [-0.39, 0.29) is 11.8 Å². The maximum Gasteiger partial charge on any atom is 0.252 e. The number of likely N-dealkylation sites (N-methyl/N-ethyl adjacent to an activating group) is 1. The van der Waals surface area contributed by atoms with E-state index < -0.39 is 23.0 Å². The first-order chi connectivity index (χ1) is 13.3. The predicted octanol–water partition coefficient (Wildman–Crippen LogP) is 1.06. The number of piperidine rings is 1. The smallest absolute Gasteiger partial charge is 0.252 e. The molecular weight excluding hydrogens is 356 g/mol. The number of carbonyl (C=O) groups excluding carboxylic acids is 2. The lowest BCUT2D eigenvalue weighted by Gasteiger charge is -2.64. The van der Waals surface area contributed by atoms with Gasteiger partial charge in [-0.3, -0.25) is 9.59 Å². The Bertz CT molecular complexity index is 941. The average molecular weight is 383 g/mol. The van der Waals surface area contributed by atoms with Crippen LogP contribution < -0.4 is 10.5 Å². The van der Waals surface area contributed by atoms with Crippen LogP contribution in [0.3, 0.4) is 0 Å². The van der Waals surface area contributed by atoms with Crippen LogP contribution in [-0.4, -0.2) is 59.2 Å². The van der Waals surface area contributed by atoms with Crippen molar-refractivity contribution in [3.63, 3.8) is 0 Å². The Labute approximate surface area is 164 Å². The Kier molecular flexibility index (Phi) is 3.02. The lowest BCUT2D eigenvalue weighted by Crippen LogP contribution is -2.80. The zero-order valence-electron chi connectivity index (χ0n) is 16.2. The van der Waals surface area contributed by atoms with Crippen molar-refractivity contribution < 1.29 is 23.9 Å². The number of primary amides is 1. The zero-order chi connectivity index (χ0) is 19.5. The third-order valence-corrected chi connectivity index (χ3v) is 8.56. The van der Waals surface area contributed by atoms with Crippen LogP contribution in [0.1, 0.15) is 53.6 Å². The SMILES string of the molecule is C[N+]1(CC2CC2)CCC23c4c5ccc(C(N)=O)c4OC2C(=O)CC[C@@]3(O)[C@H]1C5. The van der Waals surface area contributed by atoms with Crippen LogP contribution in [0.2, 0.25) is 0 Å². The highest BCUT2D eigenvalue weighted by molar-refractivity contribution is 5.98. The highest BCUT2D eigenvalue weighted by Gasteiger charge is 2.76. The fourth-order valence-corrected chi connectivity index (χ4v) is 7.15. The molecule has 5 atom stereocenters. The quantitative estimate of drug-likeness (QED) is 0.764. The van der Waals surface area contributed by atoms with Gasteiger partial charge in [0.25, 0.3) is 5.91 Å². The van der Waals surface area contributed by atoms with Gasteiger partial charge >= 0.3 is 0 Å². The first kappa shape index (κ1) is 17.0. The summed E-state index contributed by atoms with van der Waals surface area (Å²) in [6.45, 7) is 2.03. The predicted molar refractivity (Wildman–Crippen MR) is 101 cm³/mol. The number of benzene rings is 1. The van der Waals surface area contributed by atoms with Gasteiger partial charge in [0.15, 0.2) is 11.9 Å². The lowest BCUT2D eigenvalue weighted by atomic mass is 9.48. The molecule has 2 heterocycles. The second kappa shape index (κ2) is 4.97. The molecule has 6 nitrogen and oxygen atoms in total. The molecule has 1 aromatic carbocycles. The molecule has 5 aliphatic rings. The van der Waals surface area contributed by atoms with E-state index in [0.29, 0.717) is 30.6 Å². The van der Waals surface area contributed by atoms with E-state index in [4.69, 9.17) is 10.5 Å². The number of ketones is 1. The van der Waals surface area contributed by atoms with Crippen molar-refractivity contribution in [3.8, 4) is 5.75 Å². The fourth-order valence-electron chi connectivity index (χ4n) is 7.15. The molecule has 6 heteroatoms. The third-order valence-electron chi connectivity index (χ3n) is 8.56. The number of aliphatic hydroxyl groups is 1. The molecule has 1 saturated heterocycles. The van der Waals surface area contributed by atoms with E-state index in [1.165, 1.54) is 12.8 Å². The molecule has 3 N–H and O–H groups in total. The van der Waals surface area contributed by atoms with Gasteiger partial charge in [0, 0.05) is 30.7 Å². The third kappa shape index (κ3) is 1.77. The van der Waals surface area contributed by atoms with Gasteiger partial charge < -0.3 is 20.1 Å². The van der Waals surface area contributed by atoms with Crippen molar-refractivity contribution in [2.75, 3.05) is 20.1 Å². The second-order valence-corrected chi connectivity index (χ2v) is 10.00. The highest BCUT2D eigenvalue weighted by atomic mass is 16.5. The topological polar surface area (TPSA) is 89.6 Å². The molecule has 148 valence electrons. The van der Waals surface area contributed by atoms with E-state index in [9.17, 15) is 14.7 Å². The summed E-state index contributed by atoms with van der Waals surface area (Å²) < 4.78 is 7.06. The van der Waals surface area contributed by atoms with Crippen LogP contribution in [0.4, 0.5) is 0 Å². The number of ether oxygens (including phenoxy) is 1. The van der Waals surface area contributed by atoms with Crippen molar-refractivity contribution >= 4 is 11.7 Å². The summed E-state index contributed by atoms with van der Waals surface area (Å²) in [6, 6.07) is 3.77. The molecule has 0 aromatic heterocycles. The van der Waals surface area contributed by atoms with Crippen molar-refractivity contribution in [1.29, 1.82) is 0 Å². The normalized spacial score (nSPS) is 42.7. The van der Waals surface area contributed by atoms with Crippen LogP contribution in [0.5, 0.6) is 5.75 Å². The molecule has 3 fully saturated rings. The summed E-state index contributed by atoms with van der Waals surface area (Å²) >= 11 is 0. The zero-order valence-corrected chi connectivity index (χ0v) is 16.2. The summed E-state index contributed by atoms with van der Waals surface area (Å²) in [6.07, 6.45) is 4.16. The maximum absolute atomic E-state index is 12.9. The largest absolute Gasteiger partial charge is 0.480 e. The Morgan fingerprint density at radius 3 is 2.86 bits per heavy atom. The van der Waals surface area contributed by atoms with Crippen LogP contribution >= 0.6 is 0 Å². The minimum Gasteiger partial charge on any atom is -0.480 e. The van der Waals surface area contributed by atoms with Gasteiger partial charge in [-0.05, 0) is 30.9 Å². The summed E-state index contributed by atoms with van der Waals surface area (Å²) in [7, 11) is 2.29. The van der Waals surface area contributed by atoms with Crippen molar-refractivity contribution in [3.05, 3.63) is 28.8 Å².